The van der Waals surface area contributed by atoms with E-state index in [4.69, 9.17) is 20.5 Å². The molecule has 0 spiro atoms. The summed E-state index contributed by atoms with van der Waals surface area (Å²) in [4.78, 5) is 0. The molecule has 4 heteroatoms. The lowest BCUT2D eigenvalue weighted by Gasteiger charge is -2.13. The van der Waals surface area contributed by atoms with Crippen molar-refractivity contribution in [1.29, 1.82) is 5.26 Å². The Morgan fingerprint density at radius 1 is 1.53 bits per heavy atom. The van der Waals surface area contributed by atoms with Crippen LogP contribution in [-0.2, 0) is 4.74 Å². The zero-order valence-corrected chi connectivity index (χ0v) is 8.27. The molecule has 0 unspecified atom stereocenters. The third-order valence-electron chi connectivity index (χ3n) is 2.32. The van der Waals surface area contributed by atoms with Gasteiger partial charge in [0.25, 0.3) is 0 Å². The van der Waals surface area contributed by atoms with Crippen molar-refractivity contribution in [3.8, 4) is 11.8 Å². The molecule has 2 rings (SSSR count). The van der Waals surface area contributed by atoms with Crippen molar-refractivity contribution in [2.24, 2.45) is 0 Å². The summed E-state index contributed by atoms with van der Waals surface area (Å²) >= 11 is 0. The fraction of sp³-hybridized carbons (Fsp3) is 0.364. The van der Waals surface area contributed by atoms with Crippen LogP contribution in [0.4, 0.5) is 5.69 Å². The second-order valence-corrected chi connectivity index (χ2v) is 3.47. The number of anilines is 1. The Morgan fingerprint density at radius 2 is 2.40 bits per heavy atom. The minimum Gasteiger partial charge on any atom is -0.486 e. The summed E-state index contributed by atoms with van der Waals surface area (Å²) in [5, 5.41) is 8.67. The zero-order chi connectivity index (χ0) is 10.7. The molecule has 15 heavy (non-hydrogen) atoms. The normalized spacial score (nSPS) is 19.8. The van der Waals surface area contributed by atoms with E-state index in [0.717, 1.165) is 13.0 Å². The van der Waals surface area contributed by atoms with Gasteiger partial charge in [-0.25, -0.2) is 0 Å². The van der Waals surface area contributed by atoms with Crippen LogP contribution < -0.4 is 10.5 Å². The number of ether oxygens (including phenoxy) is 2. The van der Waals surface area contributed by atoms with Crippen LogP contribution in [0, 0.1) is 11.3 Å². The maximum absolute atomic E-state index is 8.67. The highest BCUT2D eigenvalue weighted by atomic mass is 16.5. The van der Waals surface area contributed by atoms with Gasteiger partial charge in [0, 0.05) is 6.42 Å². The SMILES string of the molecule is N#Cc1ccc(O[C@H]2CCOC2)c(N)c1. The lowest BCUT2D eigenvalue weighted by molar-refractivity contribution is 0.142. The van der Waals surface area contributed by atoms with Gasteiger partial charge < -0.3 is 15.2 Å². The van der Waals surface area contributed by atoms with E-state index in [9.17, 15) is 0 Å². The molecule has 0 aromatic heterocycles. The second-order valence-electron chi connectivity index (χ2n) is 3.47. The van der Waals surface area contributed by atoms with Gasteiger partial charge in [-0.3, -0.25) is 0 Å². The van der Waals surface area contributed by atoms with Crippen molar-refractivity contribution in [3.63, 3.8) is 0 Å². The standard InChI is InChI=1S/C11H12N2O2/c12-6-8-1-2-11(10(13)5-8)15-9-3-4-14-7-9/h1-2,5,9H,3-4,7,13H2/t9-/m0/s1. The van der Waals surface area contributed by atoms with Gasteiger partial charge in [0.2, 0.25) is 0 Å². The van der Waals surface area contributed by atoms with Gasteiger partial charge in [0.1, 0.15) is 11.9 Å². The van der Waals surface area contributed by atoms with Crippen LogP contribution in [0.3, 0.4) is 0 Å². The Morgan fingerprint density at radius 3 is 3.00 bits per heavy atom. The summed E-state index contributed by atoms with van der Waals surface area (Å²) in [6.07, 6.45) is 0.972. The highest BCUT2D eigenvalue weighted by Crippen LogP contribution is 2.25. The van der Waals surface area contributed by atoms with E-state index in [1.165, 1.54) is 0 Å². The third-order valence-corrected chi connectivity index (χ3v) is 2.32. The first-order valence-electron chi connectivity index (χ1n) is 4.83. The third kappa shape index (κ3) is 2.20. The van der Waals surface area contributed by atoms with Crippen molar-refractivity contribution in [3.05, 3.63) is 23.8 Å². The van der Waals surface area contributed by atoms with Crippen LogP contribution >= 0.6 is 0 Å². The van der Waals surface area contributed by atoms with Crippen molar-refractivity contribution < 1.29 is 9.47 Å². The van der Waals surface area contributed by atoms with Crippen LogP contribution in [0.2, 0.25) is 0 Å². The number of benzene rings is 1. The van der Waals surface area contributed by atoms with Crippen LogP contribution in [-0.4, -0.2) is 19.3 Å². The maximum Gasteiger partial charge on any atom is 0.142 e. The molecule has 0 amide bonds. The first-order valence-corrected chi connectivity index (χ1v) is 4.83. The minimum atomic E-state index is 0.0836. The Bertz CT molecular complexity index is 392. The number of nitrogens with two attached hydrogens (primary N) is 1. The summed E-state index contributed by atoms with van der Waals surface area (Å²) in [5.74, 6) is 0.629. The van der Waals surface area contributed by atoms with Crippen molar-refractivity contribution >= 4 is 5.69 Å². The Labute approximate surface area is 88.2 Å². The van der Waals surface area contributed by atoms with E-state index in [-0.39, 0.29) is 6.10 Å². The van der Waals surface area contributed by atoms with Crippen LogP contribution in [0.25, 0.3) is 0 Å². The van der Waals surface area contributed by atoms with Crippen molar-refractivity contribution in [2.75, 3.05) is 18.9 Å². The topological polar surface area (TPSA) is 68.3 Å². The van der Waals surface area contributed by atoms with E-state index < -0.39 is 0 Å². The molecule has 2 N–H and O–H groups in total. The van der Waals surface area contributed by atoms with Gasteiger partial charge in [-0.05, 0) is 18.2 Å². The molecule has 0 aliphatic carbocycles. The van der Waals surface area contributed by atoms with Crippen molar-refractivity contribution in [2.45, 2.75) is 12.5 Å². The molecular weight excluding hydrogens is 192 g/mol. The number of hydrogen-bond donors (Lipinski definition) is 1. The molecule has 1 aliphatic rings. The summed E-state index contributed by atoms with van der Waals surface area (Å²) in [6.45, 7) is 1.35. The van der Waals surface area contributed by atoms with E-state index in [0.29, 0.717) is 23.6 Å². The Kier molecular flexibility index (Phi) is 2.75. The predicted octanol–water partition coefficient (Wildman–Crippen LogP) is 1.31. The summed E-state index contributed by atoms with van der Waals surface area (Å²) in [7, 11) is 0. The first-order chi connectivity index (χ1) is 7.29. The maximum atomic E-state index is 8.67. The van der Waals surface area contributed by atoms with E-state index in [2.05, 4.69) is 0 Å². The molecule has 1 aromatic rings. The number of nitriles is 1. The molecule has 78 valence electrons. The Hall–Kier alpha value is -1.73. The summed E-state index contributed by atoms with van der Waals surface area (Å²) < 4.78 is 10.8. The van der Waals surface area contributed by atoms with Crippen LogP contribution in [0.5, 0.6) is 5.75 Å². The molecule has 0 radical (unpaired) electrons. The lowest BCUT2D eigenvalue weighted by atomic mass is 10.2. The van der Waals surface area contributed by atoms with Crippen LogP contribution in [0.1, 0.15) is 12.0 Å². The number of rotatable bonds is 2. The van der Waals surface area contributed by atoms with Gasteiger partial charge in [-0.1, -0.05) is 0 Å². The highest BCUT2D eigenvalue weighted by molar-refractivity contribution is 5.56. The van der Waals surface area contributed by atoms with Gasteiger partial charge >= 0.3 is 0 Å². The predicted molar refractivity (Wildman–Crippen MR) is 55.4 cm³/mol. The fourth-order valence-corrected chi connectivity index (χ4v) is 1.51. The van der Waals surface area contributed by atoms with E-state index >= 15 is 0 Å². The molecule has 1 aromatic carbocycles. The average molecular weight is 204 g/mol. The van der Waals surface area contributed by atoms with E-state index in [1.54, 1.807) is 18.2 Å². The highest BCUT2D eigenvalue weighted by Gasteiger charge is 2.18. The minimum absolute atomic E-state index is 0.0836. The lowest BCUT2D eigenvalue weighted by Crippen LogP contribution is -2.16. The van der Waals surface area contributed by atoms with Gasteiger partial charge in [-0.15, -0.1) is 0 Å². The van der Waals surface area contributed by atoms with Gasteiger partial charge in [0.05, 0.1) is 30.5 Å². The zero-order valence-electron chi connectivity index (χ0n) is 8.27. The largest absolute Gasteiger partial charge is 0.486 e. The molecule has 0 saturated carbocycles. The fourth-order valence-electron chi connectivity index (χ4n) is 1.51. The molecule has 1 fully saturated rings. The summed E-state index contributed by atoms with van der Waals surface area (Å²) in [5.41, 5.74) is 6.80. The first kappa shape index (κ1) is 9.81. The summed E-state index contributed by atoms with van der Waals surface area (Å²) in [6, 6.07) is 7.07. The smallest absolute Gasteiger partial charge is 0.142 e. The van der Waals surface area contributed by atoms with E-state index in [1.807, 2.05) is 6.07 Å². The number of nitrogen functional groups attached to an aromatic ring is 1. The molecular formula is C11H12N2O2. The molecule has 1 saturated heterocycles. The second kappa shape index (κ2) is 4.20. The molecule has 1 heterocycles. The molecule has 4 nitrogen and oxygen atoms in total. The van der Waals surface area contributed by atoms with Gasteiger partial charge in [-0.2, -0.15) is 5.26 Å². The quantitative estimate of drug-likeness (QED) is 0.737. The molecule has 1 atom stereocenters. The van der Waals surface area contributed by atoms with Crippen molar-refractivity contribution in [1.82, 2.24) is 0 Å². The average Bonchev–Trinajstić information content (AvgIpc) is 2.74. The Balaban J connectivity index is 2.11. The number of nitrogens with zero attached hydrogens (tertiary/aromatic N) is 1. The van der Waals surface area contributed by atoms with Gasteiger partial charge in [0.15, 0.2) is 0 Å². The number of hydrogen-bond acceptors (Lipinski definition) is 4. The molecule has 0 bridgehead atoms. The monoisotopic (exact) mass is 204 g/mol. The molecule has 1 aliphatic heterocycles. The van der Waals surface area contributed by atoms with Crippen LogP contribution in [0.15, 0.2) is 18.2 Å².